The lowest BCUT2D eigenvalue weighted by Gasteiger charge is -2.04. The van der Waals surface area contributed by atoms with Gasteiger partial charge in [-0.05, 0) is 32.0 Å². The maximum absolute atomic E-state index is 11.5. The Labute approximate surface area is 98.5 Å². The summed E-state index contributed by atoms with van der Waals surface area (Å²) < 4.78 is 9.98. The van der Waals surface area contributed by atoms with Gasteiger partial charge in [0.15, 0.2) is 0 Å². The SMILES string of the molecule is Cc1cc(COC(=O)c2ccco2)nc(C)n1. The van der Waals surface area contributed by atoms with Crippen molar-refractivity contribution in [3.8, 4) is 0 Å². The minimum atomic E-state index is -0.496. The molecule has 17 heavy (non-hydrogen) atoms. The van der Waals surface area contributed by atoms with E-state index < -0.39 is 5.97 Å². The topological polar surface area (TPSA) is 65.2 Å². The largest absolute Gasteiger partial charge is 0.457 e. The number of carbonyl (C=O) groups is 1. The lowest BCUT2D eigenvalue weighted by Crippen LogP contribution is -2.06. The third-order valence-corrected chi connectivity index (χ3v) is 2.09. The van der Waals surface area contributed by atoms with Crippen LogP contribution in [-0.2, 0) is 11.3 Å². The number of carbonyl (C=O) groups excluding carboxylic acids is 1. The number of esters is 1. The maximum Gasteiger partial charge on any atom is 0.374 e. The molecule has 0 unspecified atom stereocenters. The van der Waals surface area contributed by atoms with Crippen molar-refractivity contribution in [1.82, 2.24) is 9.97 Å². The van der Waals surface area contributed by atoms with Gasteiger partial charge in [-0.15, -0.1) is 0 Å². The first kappa shape index (κ1) is 11.3. The van der Waals surface area contributed by atoms with Crippen molar-refractivity contribution in [2.75, 3.05) is 0 Å². The first-order valence-corrected chi connectivity index (χ1v) is 5.17. The van der Waals surface area contributed by atoms with Gasteiger partial charge < -0.3 is 9.15 Å². The lowest BCUT2D eigenvalue weighted by molar-refractivity contribution is 0.0430. The van der Waals surface area contributed by atoms with Gasteiger partial charge in [0.1, 0.15) is 12.4 Å². The molecule has 0 aliphatic carbocycles. The lowest BCUT2D eigenvalue weighted by atomic mass is 10.3. The highest BCUT2D eigenvalue weighted by atomic mass is 16.5. The number of hydrogen-bond acceptors (Lipinski definition) is 5. The van der Waals surface area contributed by atoms with Gasteiger partial charge in [-0.3, -0.25) is 0 Å². The van der Waals surface area contributed by atoms with E-state index >= 15 is 0 Å². The van der Waals surface area contributed by atoms with Crippen molar-refractivity contribution in [2.24, 2.45) is 0 Å². The first-order chi connectivity index (χ1) is 8.15. The molecule has 0 bridgehead atoms. The first-order valence-electron chi connectivity index (χ1n) is 5.17. The highest BCUT2D eigenvalue weighted by Gasteiger charge is 2.10. The zero-order valence-electron chi connectivity index (χ0n) is 9.64. The molecule has 0 aromatic carbocycles. The van der Waals surface area contributed by atoms with Crippen LogP contribution in [0.4, 0.5) is 0 Å². The van der Waals surface area contributed by atoms with Crippen LogP contribution in [0.5, 0.6) is 0 Å². The Morgan fingerprint density at radius 3 is 2.88 bits per heavy atom. The molecule has 5 heteroatoms. The fourth-order valence-corrected chi connectivity index (χ4v) is 1.47. The number of furan rings is 1. The highest BCUT2D eigenvalue weighted by molar-refractivity contribution is 5.86. The molecule has 0 saturated carbocycles. The summed E-state index contributed by atoms with van der Waals surface area (Å²) >= 11 is 0. The predicted molar refractivity (Wildman–Crippen MR) is 59.3 cm³/mol. The van der Waals surface area contributed by atoms with Crippen molar-refractivity contribution in [2.45, 2.75) is 20.5 Å². The summed E-state index contributed by atoms with van der Waals surface area (Å²) in [7, 11) is 0. The van der Waals surface area contributed by atoms with Gasteiger partial charge in [0.25, 0.3) is 0 Å². The number of ether oxygens (including phenoxy) is 1. The van der Waals surface area contributed by atoms with Crippen LogP contribution in [0.15, 0.2) is 28.9 Å². The molecule has 2 aromatic heterocycles. The zero-order chi connectivity index (χ0) is 12.3. The third-order valence-electron chi connectivity index (χ3n) is 2.09. The summed E-state index contributed by atoms with van der Waals surface area (Å²) in [4.78, 5) is 19.8. The molecule has 2 rings (SSSR count). The Morgan fingerprint density at radius 2 is 2.24 bits per heavy atom. The summed E-state index contributed by atoms with van der Waals surface area (Å²) in [5.74, 6) is 0.352. The standard InChI is InChI=1S/C12H12N2O3/c1-8-6-10(14-9(2)13-8)7-17-12(15)11-4-3-5-16-11/h3-6H,7H2,1-2H3. The van der Waals surface area contributed by atoms with Crippen molar-refractivity contribution >= 4 is 5.97 Å². The molecule has 0 N–H and O–H groups in total. The highest BCUT2D eigenvalue weighted by Crippen LogP contribution is 2.06. The molecule has 0 atom stereocenters. The van der Waals surface area contributed by atoms with E-state index in [-0.39, 0.29) is 12.4 Å². The average molecular weight is 232 g/mol. The van der Waals surface area contributed by atoms with E-state index in [0.29, 0.717) is 11.5 Å². The molecule has 0 amide bonds. The third kappa shape index (κ3) is 2.90. The number of hydrogen-bond donors (Lipinski definition) is 0. The molecule has 0 aliphatic heterocycles. The fraction of sp³-hybridized carbons (Fsp3) is 0.250. The zero-order valence-corrected chi connectivity index (χ0v) is 9.64. The number of rotatable bonds is 3. The average Bonchev–Trinajstić information content (AvgIpc) is 2.78. The minimum absolute atomic E-state index is 0.115. The maximum atomic E-state index is 11.5. The van der Waals surface area contributed by atoms with E-state index in [4.69, 9.17) is 9.15 Å². The van der Waals surface area contributed by atoms with Gasteiger partial charge in [-0.2, -0.15) is 0 Å². The molecule has 5 nitrogen and oxygen atoms in total. The van der Waals surface area contributed by atoms with Crippen LogP contribution < -0.4 is 0 Å². The summed E-state index contributed by atoms with van der Waals surface area (Å²) in [6, 6.07) is 4.97. The van der Waals surface area contributed by atoms with Crippen LogP contribution in [0.25, 0.3) is 0 Å². The summed E-state index contributed by atoms with van der Waals surface area (Å²) in [6.07, 6.45) is 1.43. The number of aromatic nitrogens is 2. The minimum Gasteiger partial charge on any atom is -0.457 e. The van der Waals surface area contributed by atoms with E-state index in [0.717, 1.165) is 5.69 Å². The van der Waals surface area contributed by atoms with Gasteiger partial charge in [0.2, 0.25) is 5.76 Å². The fourth-order valence-electron chi connectivity index (χ4n) is 1.47. The molecule has 0 fully saturated rings. The van der Waals surface area contributed by atoms with Crippen LogP contribution in [0.3, 0.4) is 0 Å². The normalized spacial score (nSPS) is 10.2. The second kappa shape index (κ2) is 4.78. The molecule has 0 radical (unpaired) electrons. The molecule has 0 aliphatic rings. The molecule has 0 spiro atoms. The molecule has 88 valence electrons. The van der Waals surface area contributed by atoms with Crippen LogP contribution >= 0.6 is 0 Å². The van der Waals surface area contributed by atoms with Gasteiger partial charge >= 0.3 is 5.97 Å². The molecular weight excluding hydrogens is 220 g/mol. The van der Waals surface area contributed by atoms with Crippen LogP contribution in [-0.4, -0.2) is 15.9 Å². The van der Waals surface area contributed by atoms with E-state index in [1.165, 1.54) is 6.26 Å². The number of aryl methyl sites for hydroxylation is 2. The van der Waals surface area contributed by atoms with Gasteiger partial charge in [-0.25, -0.2) is 14.8 Å². The summed E-state index contributed by atoms with van der Waals surface area (Å²) in [6.45, 7) is 3.78. The monoisotopic (exact) mass is 232 g/mol. The molecule has 0 saturated heterocycles. The Balaban J connectivity index is 2.00. The van der Waals surface area contributed by atoms with Crippen molar-refractivity contribution < 1.29 is 13.9 Å². The van der Waals surface area contributed by atoms with E-state index in [9.17, 15) is 4.79 Å². The van der Waals surface area contributed by atoms with Crippen LogP contribution in [0.2, 0.25) is 0 Å². The van der Waals surface area contributed by atoms with Crippen LogP contribution in [0, 0.1) is 13.8 Å². The Bertz CT molecular complexity index is 500. The second-order valence-corrected chi connectivity index (χ2v) is 3.60. The quantitative estimate of drug-likeness (QED) is 0.757. The number of nitrogens with zero attached hydrogens (tertiary/aromatic N) is 2. The van der Waals surface area contributed by atoms with Crippen molar-refractivity contribution in [3.05, 3.63) is 47.4 Å². The second-order valence-electron chi connectivity index (χ2n) is 3.60. The summed E-state index contributed by atoms with van der Waals surface area (Å²) in [5, 5.41) is 0. The summed E-state index contributed by atoms with van der Waals surface area (Å²) in [5.41, 5.74) is 1.52. The van der Waals surface area contributed by atoms with E-state index in [1.807, 2.05) is 6.92 Å². The van der Waals surface area contributed by atoms with E-state index in [2.05, 4.69) is 9.97 Å². The molecular formula is C12H12N2O3. The molecule has 2 aromatic rings. The predicted octanol–water partition coefficient (Wildman–Crippen LogP) is 2.04. The van der Waals surface area contributed by atoms with Crippen molar-refractivity contribution in [1.29, 1.82) is 0 Å². The van der Waals surface area contributed by atoms with Gasteiger partial charge in [0, 0.05) is 5.69 Å². The Morgan fingerprint density at radius 1 is 1.41 bits per heavy atom. The van der Waals surface area contributed by atoms with Gasteiger partial charge in [0.05, 0.1) is 12.0 Å². The smallest absolute Gasteiger partial charge is 0.374 e. The van der Waals surface area contributed by atoms with Crippen molar-refractivity contribution in [3.63, 3.8) is 0 Å². The van der Waals surface area contributed by atoms with E-state index in [1.54, 1.807) is 25.1 Å². The Hall–Kier alpha value is -2.17. The molecule has 2 heterocycles. The Kier molecular flexibility index (Phi) is 3.18. The van der Waals surface area contributed by atoms with Gasteiger partial charge in [-0.1, -0.05) is 0 Å². The van der Waals surface area contributed by atoms with Crippen LogP contribution in [0.1, 0.15) is 27.8 Å².